The van der Waals surface area contributed by atoms with Gasteiger partial charge in [-0.1, -0.05) is 17.8 Å². The number of carbonyl (C=O) groups excluding carboxylic acids is 1. The van der Waals surface area contributed by atoms with Crippen LogP contribution in [0.25, 0.3) is 0 Å². The molecule has 0 saturated heterocycles. The second kappa shape index (κ2) is 7.06. The zero-order chi connectivity index (χ0) is 17.0. The van der Waals surface area contributed by atoms with Gasteiger partial charge in [0.1, 0.15) is 0 Å². The lowest BCUT2D eigenvalue weighted by Crippen LogP contribution is -2.22. The largest absolute Gasteiger partial charge is 0.325 e. The second-order valence-corrected chi connectivity index (χ2v) is 7.83. The molecule has 0 atom stereocenters. The van der Waals surface area contributed by atoms with Gasteiger partial charge in [-0.25, -0.2) is 17.4 Å². The number of aryl methyl sites for hydroxylation is 1. The number of hydrogen-bond donors (Lipinski definition) is 1. The van der Waals surface area contributed by atoms with Crippen molar-refractivity contribution in [1.82, 2.24) is 24.5 Å². The average molecular weight is 356 g/mol. The third kappa shape index (κ3) is 4.27. The predicted molar refractivity (Wildman–Crippen MR) is 85.5 cm³/mol. The number of sulfonamides is 1. The van der Waals surface area contributed by atoms with Gasteiger partial charge in [0.25, 0.3) is 0 Å². The van der Waals surface area contributed by atoms with Gasteiger partial charge in [-0.05, 0) is 28.6 Å². The quantitative estimate of drug-likeness (QED) is 0.736. The van der Waals surface area contributed by atoms with Crippen molar-refractivity contribution >= 4 is 33.4 Å². The highest BCUT2D eigenvalue weighted by Gasteiger charge is 2.17. The molecule has 1 aromatic carbocycles. The van der Waals surface area contributed by atoms with Crippen molar-refractivity contribution < 1.29 is 13.2 Å². The first-order valence-electron chi connectivity index (χ1n) is 6.48. The first-order chi connectivity index (χ1) is 10.8. The van der Waals surface area contributed by atoms with E-state index in [9.17, 15) is 13.2 Å². The minimum atomic E-state index is -3.54. The summed E-state index contributed by atoms with van der Waals surface area (Å²) in [5.41, 5.74) is 0.412. The summed E-state index contributed by atoms with van der Waals surface area (Å²) in [4.78, 5) is 12.1. The molecule has 2 rings (SSSR count). The maximum atomic E-state index is 12.1. The highest BCUT2D eigenvalue weighted by atomic mass is 32.2. The van der Waals surface area contributed by atoms with Gasteiger partial charge in [0.15, 0.2) is 0 Å². The molecule has 0 bridgehead atoms. The molecule has 23 heavy (non-hydrogen) atoms. The van der Waals surface area contributed by atoms with Gasteiger partial charge < -0.3 is 5.32 Å². The Balaban J connectivity index is 2.03. The fourth-order valence-electron chi connectivity index (χ4n) is 1.62. The van der Waals surface area contributed by atoms with Crippen LogP contribution in [0, 0.1) is 0 Å². The average Bonchev–Trinajstić information content (AvgIpc) is 2.90. The van der Waals surface area contributed by atoms with Crippen LogP contribution in [0.1, 0.15) is 0 Å². The molecule has 0 fully saturated rings. The molecule has 1 heterocycles. The number of anilines is 1. The number of carbonyl (C=O) groups is 1. The molecule has 0 aliphatic carbocycles. The molecule has 11 heteroatoms. The maximum Gasteiger partial charge on any atom is 0.242 e. The zero-order valence-corrected chi connectivity index (χ0v) is 14.4. The van der Waals surface area contributed by atoms with E-state index in [1.54, 1.807) is 19.2 Å². The van der Waals surface area contributed by atoms with Crippen LogP contribution in [0.2, 0.25) is 0 Å². The van der Waals surface area contributed by atoms with Crippen LogP contribution < -0.4 is 5.32 Å². The van der Waals surface area contributed by atoms with Crippen LogP contribution >= 0.6 is 11.8 Å². The van der Waals surface area contributed by atoms with Crippen molar-refractivity contribution in [2.75, 3.05) is 25.2 Å². The lowest BCUT2D eigenvalue weighted by atomic mass is 10.3. The number of nitrogens with zero attached hydrogens (tertiary/aromatic N) is 5. The van der Waals surface area contributed by atoms with Crippen LogP contribution in [0.4, 0.5) is 5.69 Å². The highest BCUT2D eigenvalue weighted by molar-refractivity contribution is 7.99. The Morgan fingerprint density at radius 3 is 2.74 bits per heavy atom. The van der Waals surface area contributed by atoms with E-state index in [2.05, 4.69) is 20.8 Å². The highest BCUT2D eigenvalue weighted by Crippen LogP contribution is 2.19. The van der Waals surface area contributed by atoms with E-state index in [-0.39, 0.29) is 16.6 Å². The minimum absolute atomic E-state index is 0.110. The van der Waals surface area contributed by atoms with E-state index in [0.717, 1.165) is 4.31 Å². The van der Waals surface area contributed by atoms with E-state index in [4.69, 9.17) is 0 Å². The fourth-order valence-corrected chi connectivity index (χ4v) is 3.21. The van der Waals surface area contributed by atoms with Gasteiger partial charge in [-0.2, -0.15) is 0 Å². The number of amides is 1. The molecule has 0 spiro atoms. The normalized spacial score (nSPS) is 11.7. The molecule has 1 aromatic heterocycles. The summed E-state index contributed by atoms with van der Waals surface area (Å²) in [6, 6.07) is 6.10. The summed E-state index contributed by atoms with van der Waals surface area (Å²) in [7, 11) is 1.04. The molecule has 1 N–H and O–H groups in total. The molecule has 124 valence electrons. The van der Waals surface area contributed by atoms with Crippen LogP contribution in [0.5, 0.6) is 0 Å². The molecular weight excluding hydrogens is 340 g/mol. The molecular formula is C12H16N6O3S2. The van der Waals surface area contributed by atoms with Gasteiger partial charge in [0, 0.05) is 26.8 Å². The monoisotopic (exact) mass is 356 g/mol. The molecule has 9 nitrogen and oxygen atoms in total. The minimum Gasteiger partial charge on any atom is -0.325 e. The van der Waals surface area contributed by atoms with Crippen LogP contribution in [-0.2, 0) is 21.9 Å². The maximum absolute atomic E-state index is 12.1. The summed E-state index contributed by atoms with van der Waals surface area (Å²) < 4.78 is 26.7. The lowest BCUT2D eigenvalue weighted by Gasteiger charge is -2.12. The number of aromatic nitrogens is 4. The standard InChI is InChI=1S/C12H16N6O3S2/c1-17(2)23(20,21)10-6-4-5-9(7-10)13-11(19)8-22-12-14-15-16-18(12)3/h4-7H,8H2,1-3H3,(H,13,19). The number of benzene rings is 1. The smallest absolute Gasteiger partial charge is 0.242 e. The number of nitrogens with one attached hydrogen (secondary N) is 1. The first-order valence-corrected chi connectivity index (χ1v) is 8.91. The van der Waals surface area contributed by atoms with Crippen molar-refractivity contribution in [3.63, 3.8) is 0 Å². The number of tetrazole rings is 1. The Morgan fingerprint density at radius 1 is 1.39 bits per heavy atom. The van der Waals surface area contributed by atoms with E-state index in [0.29, 0.717) is 10.8 Å². The number of hydrogen-bond acceptors (Lipinski definition) is 7. The fraction of sp³-hybridized carbons (Fsp3) is 0.333. The van der Waals surface area contributed by atoms with Gasteiger partial charge >= 0.3 is 0 Å². The summed E-state index contributed by atoms with van der Waals surface area (Å²) >= 11 is 1.18. The first kappa shape index (κ1) is 17.4. The van der Waals surface area contributed by atoms with Crippen LogP contribution in [0.3, 0.4) is 0 Å². The Hall–Kier alpha value is -1.98. The van der Waals surface area contributed by atoms with Crippen molar-refractivity contribution in [2.24, 2.45) is 7.05 Å². The van der Waals surface area contributed by atoms with Gasteiger partial charge in [0.05, 0.1) is 10.6 Å². The van der Waals surface area contributed by atoms with E-state index in [1.165, 1.54) is 42.7 Å². The van der Waals surface area contributed by atoms with Gasteiger partial charge in [-0.15, -0.1) is 5.10 Å². The molecule has 1 amide bonds. The van der Waals surface area contributed by atoms with E-state index in [1.807, 2.05) is 0 Å². The molecule has 0 aliphatic heterocycles. The van der Waals surface area contributed by atoms with Gasteiger partial charge in [-0.3, -0.25) is 4.79 Å². The van der Waals surface area contributed by atoms with Gasteiger partial charge in [0.2, 0.25) is 21.1 Å². The van der Waals surface area contributed by atoms with E-state index >= 15 is 0 Å². The summed E-state index contributed by atoms with van der Waals surface area (Å²) in [5, 5.41) is 14.1. The summed E-state index contributed by atoms with van der Waals surface area (Å²) in [6.07, 6.45) is 0. The Labute approximate surface area is 138 Å². The molecule has 0 unspecified atom stereocenters. The number of thioether (sulfide) groups is 1. The Bertz CT molecular complexity index is 803. The third-order valence-electron chi connectivity index (χ3n) is 2.81. The zero-order valence-electron chi connectivity index (χ0n) is 12.8. The molecule has 2 aromatic rings. The SMILES string of the molecule is CN(C)S(=O)(=O)c1cccc(NC(=O)CSc2nnnn2C)c1. The summed E-state index contributed by atoms with van der Waals surface area (Å²) in [6.45, 7) is 0. The summed E-state index contributed by atoms with van der Waals surface area (Å²) in [5.74, 6) is -0.170. The number of rotatable bonds is 6. The van der Waals surface area contributed by atoms with Crippen LogP contribution in [0.15, 0.2) is 34.3 Å². The Morgan fingerprint density at radius 2 is 2.13 bits per heavy atom. The topological polar surface area (TPSA) is 110 Å². The van der Waals surface area contributed by atoms with Crippen molar-refractivity contribution in [3.05, 3.63) is 24.3 Å². The van der Waals surface area contributed by atoms with Crippen molar-refractivity contribution in [2.45, 2.75) is 10.1 Å². The predicted octanol–water partition coefficient (Wildman–Crippen LogP) is 0.191. The van der Waals surface area contributed by atoms with Crippen molar-refractivity contribution in [1.29, 1.82) is 0 Å². The molecule has 0 radical (unpaired) electrons. The lowest BCUT2D eigenvalue weighted by molar-refractivity contribution is -0.113. The second-order valence-electron chi connectivity index (χ2n) is 4.74. The van der Waals surface area contributed by atoms with Crippen LogP contribution in [-0.4, -0.2) is 58.7 Å². The molecule has 0 saturated carbocycles. The van der Waals surface area contributed by atoms with Crippen molar-refractivity contribution in [3.8, 4) is 0 Å². The van der Waals surface area contributed by atoms with E-state index < -0.39 is 10.0 Å². The Kier molecular flexibility index (Phi) is 5.34. The third-order valence-corrected chi connectivity index (χ3v) is 5.63. The molecule has 0 aliphatic rings.